The summed E-state index contributed by atoms with van der Waals surface area (Å²) in [6, 6.07) is 3.28. The number of ketones is 1. The zero-order valence-corrected chi connectivity index (χ0v) is 16.2. The van der Waals surface area contributed by atoms with E-state index in [0.29, 0.717) is 18.3 Å². The molecule has 2 aliphatic rings. The lowest BCUT2D eigenvalue weighted by molar-refractivity contribution is -0.123. The van der Waals surface area contributed by atoms with Crippen molar-refractivity contribution in [3.05, 3.63) is 17.7 Å². The van der Waals surface area contributed by atoms with Crippen molar-refractivity contribution in [3.63, 3.8) is 0 Å². The van der Waals surface area contributed by atoms with Crippen molar-refractivity contribution in [2.45, 2.75) is 51.7 Å². The SMILES string of the molecule is CCN1CCC[C@H]1CNC(=O)COc1cc(O)c2c(c1)OC(C)(C)CC2=O. The van der Waals surface area contributed by atoms with E-state index in [1.165, 1.54) is 6.07 Å². The van der Waals surface area contributed by atoms with Gasteiger partial charge in [0.15, 0.2) is 12.4 Å². The van der Waals surface area contributed by atoms with Crippen LogP contribution >= 0.6 is 0 Å². The van der Waals surface area contributed by atoms with Crippen LogP contribution in [0.2, 0.25) is 0 Å². The molecule has 1 saturated heterocycles. The molecule has 1 aromatic rings. The van der Waals surface area contributed by atoms with Crippen molar-refractivity contribution in [2.24, 2.45) is 0 Å². The van der Waals surface area contributed by atoms with Crippen LogP contribution in [-0.4, -0.2) is 59.6 Å². The fourth-order valence-corrected chi connectivity index (χ4v) is 3.80. The second kappa shape index (κ2) is 7.76. The van der Waals surface area contributed by atoms with Crippen LogP contribution in [0.5, 0.6) is 17.2 Å². The number of fused-ring (bicyclic) bond motifs is 1. The highest BCUT2D eigenvalue weighted by atomic mass is 16.5. The Morgan fingerprint density at radius 2 is 2.22 bits per heavy atom. The number of likely N-dealkylation sites (N-methyl/N-ethyl adjacent to an activating group) is 1. The Hall–Kier alpha value is -2.28. The van der Waals surface area contributed by atoms with Crippen molar-refractivity contribution in [1.29, 1.82) is 0 Å². The third-order valence-corrected chi connectivity index (χ3v) is 5.12. The summed E-state index contributed by atoms with van der Waals surface area (Å²) in [6.07, 6.45) is 2.45. The second-order valence-electron chi connectivity index (χ2n) is 7.79. The number of phenols is 1. The van der Waals surface area contributed by atoms with Crippen molar-refractivity contribution < 1.29 is 24.2 Å². The van der Waals surface area contributed by atoms with Crippen LogP contribution in [0.4, 0.5) is 0 Å². The van der Waals surface area contributed by atoms with E-state index in [1.807, 2.05) is 13.8 Å². The van der Waals surface area contributed by atoms with E-state index in [-0.39, 0.29) is 41.8 Å². The van der Waals surface area contributed by atoms with Gasteiger partial charge in [0.05, 0.1) is 6.42 Å². The largest absolute Gasteiger partial charge is 0.507 e. The van der Waals surface area contributed by atoms with Gasteiger partial charge < -0.3 is 19.9 Å². The maximum absolute atomic E-state index is 12.2. The Labute approximate surface area is 159 Å². The van der Waals surface area contributed by atoms with Gasteiger partial charge in [0.25, 0.3) is 5.91 Å². The summed E-state index contributed by atoms with van der Waals surface area (Å²) < 4.78 is 11.3. The Bertz CT molecular complexity index is 731. The first-order valence-corrected chi connectivity index (χ1v) is 9.52. The normalized spacial score (nSPS) is 21.4. The minimum atomic E-state index is -0.640. The van der Waals surface area contributed by atoms with Gasteiger partial charge in [-0.25, -0.2) is 0 Å². The first-order valence-electron chi connectivity index (χ1n) is 9.52. The zero-order valence-electron chi connectivity index (χ0n) is 16.2. The van der Waals surface area contributed by atoms with Gasteiger partial charge in [-0.2, -0.15) is 0 Å². The summed E-state index contributed by atoms with van der Waals surface area (Å²) >= 11 is 0. The van der Waals surface area contributed by atoms with Gasteiger partial charge in [-0.15, -0.1) is 0 Å². The minimum Gasteiger partial charge on any atom is -0.507 e. The van der Waals surface area contributed by atoms with Gasteiger partial charge >= 0.3 is 0 Å². The number of nitrogens with zero attached hydrogens (tertiary/aromatic N) is 1. The molecule has 27 heavy (non-hydrogen) atoms. The monoisotopic (exact) mass is 376 g/mol. The molecule has 0 aliphatic carbocycles. The minimum absolute atomic E-state index is 0.158. The highest BCUT2D eigenvalue weighted by molar-refractivity contribution is 6.03. The number of rotatable bonds is 6. The number of hydrogen-bond acceptors (Lipinski definition) is 6. The predicted molar refractivity (Wildman–Crippen MR) is 101 cm³/mol. The number of likely N-dealkylation sites (tertiary alicyclic amines) is 1. The third-order valence-electron chi connectivity index (χ3n) is 5.12. The molecule has 7 heteroatoms. The predicted octanol–water partition coefficient (Wildman–Crippen LogP) is 2.12. The molecule has 0 spiro atoms. The van der Waals surface area contributed by atoms with Gasteiger partial charge in [0.1, 0.15) is 28.4 Å². The molecule has 148 valence electrons. The second-order valence-corrected chi connectivity index (χ2v) is 7.79. The standard InChI is InChI=1S/C20H28N2O5/c1-4-22-7-5-6-13(22)11-21-18(25)12-26-14-8-15(23)19-16(24)10-20(2,3)27-17(19)9-14/h8-9,13,23H,4-7,10-12H2,1-3H3,(H,21,25)/t13-/m0/s1. The van der Waals surface area contributed by atoms with Crippen molar-refractivity contribution >= 4 is 11.7 Å². The number of carbonyl (C=O) groups is 2. The molecule has 1 amide bonds. The summed E-state index contributed by atoms with van der Waals surface area (Å²) in [7, 11) is 0. The molecule has 0 bridgehead atoms. The van der Waals surface area contributed by atoms with Gasteiger partial charge in [-0.1, -0.05) is 6.92 Å². The van der Waals surface area contributed by atoms with Crippen LogP contribution in [0, 0.1) is 0 Å². The molecule has 0 aromatic heterocycles. The van der Waals surface area contributed by atoms with Gasteiger partial charge in [-0.05, 0) is 39.8 Å². The zero-order chi connectivity index (χ0) is 19.6. The highest BCUT2D eigenvalue weighted by Gasteiger charge is 2.35. The molecule has 2 aliphatic heterocycles. The molecular formula is C20H28N2O5. The van der Waals surface area contributed by atoms with E-state index < -0.39 is 5.60 Å². The number of ether oxygens (including phenoxy) is 2. The molecule has 1 aromatic carbocycles. The lowest BCUT2D eigenvalue weighted by Gasteiger charge is -2.32. The molecular weight excluding hydrogens is 348 g/mol. The van der Waals surface area contributed by atoms with Gasteiger partial charge in [0.2, 0.25) is 0 Å². The van der Waals surface area contributed by atoms with Crippen LogP contribution in [0.25, 0.3) is 0 Å². The number of carbonyl (C=O) groups excluding carboxylic acids is 2. The van der Waals surface area contributed by atoms with Crippen LogP contribution in [0.3, 0.4) is 0 Å². The summed E-state index contributed by atoms with van der Waals surface area (Å²) in [4.78, 5) is 26.7. The molecule has 7 nitrogen and oxygen atoms in total. The fraction of sp³-hybridized carbons (Fsp3) is 0.600. The number of aromatic hydroxyl groups is 1. The molecule has 3 rings (SSSR count). The lowest BCUT2D eigenvalue weighted by atomic mass is 9.92. The quantitative estimate of drug-likeness (QED) is 0.791. The lowest BCUT2D eigenvalue weighted by Crippen LogP contribution is -2.41. The molecule has 0 saturated carbocycles. The summed E-state index contributed by atoms with van der Waals surface area (Å²) in [5.74, 6) is 0.0136. The summed E-state index contributed by atoms with van der Waals surface area (Å²) in [5, 5.41) is 13.1. The average Bonchev–Trinajstić information content (AvgIpc) is 3.03. The maximum Gasteiger partial charge on any atom is 0.257 e. The van der Waals surface area contributed by atoms with E-state index >= 15 is 0 Å². The molecule has 1 fully saturated rings. The van der Waals surface area contributed by atoms with E-state index in [9.17, 15) is 14.7 Å². The van der Waals surface area contributed by atoms with E-state index in [1.54, 1.807) is 6.07 Å². The van der Waals surface area contributed by atoms with Crippen molar-refractivity contribution in [1.82, 2.24) is 10.2 Å². The number of hydrogen-bond donors (Lipinski definition) is 2. The number of phenolic OH excluding ortho intramolecular Hbond substituents is 1. The number of nitrogens with one attached hydrogen (secondary N) is 1. The van der Waals surface area contributed by atoms with Gasteiger partial charge in [-0.3, -0.25) is 14.5 Å². The Kier molecular flexibility index (Phi) is 5.60. The molecule has 0 radical (unpaired) electrons. The number of amides is 1. The molecule has 2 N–H and O–H groups in total. The van der Waals surface area contributed by atoms with E-state index in [4.69, 9.17) is 9.47 Å². The Balaban J connectivity index is 1.57. The van der Waals surface area contributed by atoms with Crippen molar-refractivity contribution in [2.75, 3.05) is 26.2 Å². The maximum atomic E-state index is 12.2. The fourth-order valence-electron chi connectivity index (χ4n) is 3.80. The highest BCUT2D eigenvalue weighted by Crippen LogP contribution is 2.40. The average molecular weight is 376 g/mol. The first kappa shape index (κ1) is 19.5. The number of benzene rings is 1. The van der Waals surface area contributed by atoms with Gasteiger partial charge in [0, 0.05) is 24.7 Å². The smallest absolute Gasteiger partial charge is 0.257 e. The first-order chi connectivity index (χ1) is 12.8. The molecule has 1 atom stereocenters. The van der Waals surface area contributed by atoms with Crippen LogP contribution in [0.1, 0.15) is 50.4 Å². The van der Waals surface area contributed by atoms with E-state index in [0.717, 1.165) is 25.9 Å². The molecule has 0 unspecified atom stereocenters. The van der Waals surface area contributed by atoms with E-state index in [2.05, 4.69) is 17.1 Å². The van der Waals surface area contributed by atoms with Crippen LogP contribution in [-0.2, 0) is 4.79 Å². The number of Topliss-reactive ketones (excluding diaryl/α,β-unsaturated/α-hetero) is 1. The summed E-state index contributed by atoms with van der Waals surface area (Å²) in [6.45, 7) is 8.27. The molecule has 2 heterocycles. The Morgan fingerprint density at radius 3 is 2.96 bits per heavy atom. The summed E-state index contributed by atoms with van der Waals surface area (Å²) in [5.41, 5.74) is -0.467. The Morgan fingerprint density at radius 1 is 1.44 bits per heavy atom. The van der Waals surface area contributed by atoms with Crippen LogP contribution < -0.4 is 14.8 Å². The van der Waals surface area contributed by atoms with Crippen molar-refractivity contribution in [3.8, 4) is 17.2 Å². The third kappa shape index (κ3) is 4.53. The topological polar surface area (TPSA) is 88.1 Å². The van der Waals surface area contributed by atoms with Crippen LogP contribution in [0.15, 0.2) is 12.1 Å².